The van der Waals surface area contributed by atoms with Gasteiger partial charge in [0, 0.05) is 62.0 Å². The molecule has 5 aromatic rings. The third-order valence-electron chi connectivity index (χ3n) is 11.9. The van der Waals surface area contributed by atoms with Crippen LogP contribution in [0.3, 0.4) is 0 Å². The van der Waals surface area contributed by atoms with Crippen LogP contribution in [0.5, 0.6) is 23.0 Å². The summed E-state index contributed by atoms with van der Waals surface area (Å²) >= 11 is 0. The highest BCUT2D eigenvalue weighted by Gasteiger charge is 2.44. The Balaban J connectivity index is 0.982. The molecule has 0 saturated carbocycles. The zero-order valence-electron chi connectivity index (χ0n) is 35.2. The average molecular weight is 852 g/mol. The summed E-state index contributed by atoms with van der Waals surface area (Å²) < 4.78 is 29.1. The summed E-state index contributed by atoms with van der Waals surface area (Å²) in [5, 5.41) is 5.90. The number of benzene rings is 5. The van der Waals surface area contributed by atoms with Gasteiger partial charge >= 0.3 is 5.97 Å². The number of nitrogens with one attached hydrogen (secondary N) is 2. The highest BCUT2D eigenvalue weighted by Crippen LogP contribution is 2.43. The van der Waals surface area contributed by atoms with E-state index in [1.54, 1.807) is 34.1 Å². The molecule has 15 heteroatoms. The number of carbonyl (C=O) groups excluding carboxylic acids is 5. The maximum Gasteiger partial charge on any atom is 0.305 e. The second-order valence-corrected chi connectivity index (χ2v) is 15.8. The van der Waals surface area contributed by atoms with Crippen LogP contribution in [0.1, 0.15) is 55.8 Å². The lowest BCUT2D eigenvalue weighted by Gasteiger charge is -2.22. The molecule has 0 fully saturated rings. The zero-order chi connectivity index (χ0) is 43.9. The molecule has 2 N–H and O–H groups in total. The van der Waals surface area contributed by atoms with E-state index in [2.05, 4.69) is 10.6 Å². The maximum atomic E-state index is 14.0. The highest BCUT2D eigenvalue weighted by molar-refractivity contribution is 6.21. The number of fused-ring (bicyclic) bond motifs is 8. The quantitative estimate of drug-likeness (QED) is 0.128. The van der Waals surface area contributed by atoms with Crippen LogP contribution < -0.4 is 44.3 Å². The fourth-order valence-electron chi connectivity index (χ4n) is 8.75. The van der Waals surface area contributed by atoms with Gasteiger partial charge < -0.3 is 39.2 Å². The first-order valence-corrected chi connectivity index (χ1v) is 20.6. The Hall–Kier alpha value is -7.55. The largest absolute Gasteiger partial charge is 0.493 e. The van der Waals surface area contributed by atoms with Gasteiger partial charge in [-0.05, 0) is 71.1 Å². The highest BCUT2D eigenvalue weighted by atomic mass is 16.5. The lowest BCUT2D eigenvalue weighted by atomic mass is 10.1. The van der Waals surface area contributed by atoms with Crippen LogP contribution in [0.15, 0.2) is 91.0 Å². The molecule has 63 heavy (non-hydrogen) atoms. The number of ether oxygens (including phenoxy) is 5. The average Bonchev–Trinajstić information content (AvgIpc) is 3.84. The summed E-state index contributed by atoms with van der Waals surface area (Å²) in [5.74, 6) is -0.270. The van der Waals surface area contributed by atoms with Gasteiger partial charge in [-0.1, -0.05) is 36.4 Å². The van der Waals surface area contributed by atoms with Gasteiger partial charge in [-0.25, -0.2) is 0 Å². The molecule has 2 atom stereocenters. The minimum absolute atomic E-state index is 0.0626. The molecule has 4 aliphatic heterocycles. The fourth-order valence-corrected chi connectivity index (χ4v) is 8.75. The van der Waals surface area contributed by atoms with E-state index in [-0.39, 0.29) is 60.4 Å². The number of rotatable bonds is 13. The van der Waals surface area contributed by atoms with Crippen molar-refractivity contribution in [3.05, 3.63) is 124 Å². The van der Waals surface area contributed by atoms with Gasteiger partial charge in [0.25, 0.3) is 11.8 Å². The number of para-hydroxylation sites is 2. The topological polar surface area (TPSA) is 165 Å². The predicted octanol–water partition coefficient (Wildman–Crippen LogP) is 6.30. The molecule has 0 saturated heterocycles. The molecule has 9 rings (SSSR count). The molecule has 4 heterocycles. The van der Waals surface area contributed by atoms with Gasteiger partial charge in [0.1, 0.15) is 25.3 Å². The Morgan fingerprint density at radius 2 is 1.13 bits per heavy atom. The summed E-state index contributed by atoms with van der Waals surface area (Å²) in [7, 11) is 6.26. The number of anilines is 5. The minimum atomic E-state index is -0.687. The number of esters is 1. The number of methoxy groups -OCH3 is 3. The van der Waals surface area contributed by atoms with Crippen molar-refractivity contribution in [1.29, 1.82) is 0 Å². The SMILES string of the molecule is COC(=O)CCCN(C)c1cc(COc2cc3c(cc2OC)C(=O)N2c4ccccc4CC2C(=O)N3)cc(COc2cc3c(cc2OC)C(=O)N2c4ccccc4CC2C(=O)N3)c1. The van der Waals surface area contributed by atoms with Crippen molar-refractivity contribution in [2.45, 2.75) is 51.0 Å². The third-order valence-corrected chi connectivity index (χ3v) is 11.9. The van der Waals surface area contributed by atoms with Gasteiger partial charge in [0.05, 0.1) is 43.8 Å². The van der Waals surface area contributed by atoms with Gasteiger partial charge in [0.2, 0.25) is 11.8 Å². The summed E-state index contributed by atoms with van der Waals surface area (Å²) in [6.45, 7) is 0.670. The summed E-state index contributed by atoms with van der Waals surface area (Å²) in [5.41, 5.74) is 6.80. The lowest BCUT2D eigenvalue weighted by molar-refractivity contribution is -0.140. The molecular formula is C48H45N5O10. The van der Waals surface area contributed by atoms with E-state index >= 15 is 0 Å². The van der Waals surface area contributed by atoms with E-state index in [9.17, 15) is 24.0 Å². The molecule has 4 amide bonds. The Morgan fingerprint density at radius 1 is 0.651 bits per heavy atom. The van der Waals surface area contributed by atoms with Crippen molar-refractivity contribution in [3.8, 4) is 23.0 Å². The Kier molecular flexibility index (Phi) is 10.8. The Labute approximate surface area is 363 Å². The van der Waals surface area contributed by atoms with E-state index < -0.39 is 12.1 Å². The fraction of sp³-hybridized carbons (Fsp3) is 0.271. The molecule has 15 nitrogen and oxygen atoms in total. The number of nitrogens with zero attached hydrogens (tertiary/aromatic N) is 3. The first-order chi connectivity index (χ1) is 30.5. The number of amides is 4. The van der Waals surface area contributed by atoms with Crippen molar-refractivity contribution in [2.75, 3.05) is 60.3 Å². The van der Waals surface area contributed by atoms with Crippen LogP contribution in [0, 0.1) is 0 Å². The second kappa shape index (κ2) is 16.7. The van der Waals surface area contributed by atoms with E-state index in [1.165, 1.54) is 21.3 Å². The van der Waals surface area contributed by atoms with Crippen molar-refractivity contribution < 1.29 is 47.7 Å². The van der Waals surface area contributed by atoms with Crippen molar-refractivity contribution >= 4 is 58.0 Å². The Morgan fingerprint density at radius 3 is 1.59 bits per heavy atom. The molecule has 0 bridgehead atoms. The van der Waals surface area contributed by atoms with Crippen LogP contribution in [-0.2, 0) is 45.2 Å². The molecule has 2 unspecified atom stereocenters. The maximum absolute atomic E-state index is 14.0. The van der Waals surface area contributed by atoms with Gasteiger partial charge in [0.15, 0.2) is 23.0 Å². The summed E-state index contributed by atoms with van der Waals surface area (Å²) in [6.07, 6.45) is 1.62. The third kappa shape index (κ3) is 7.59. The van der Waals surface area contributed by atoms with Crippen LogP contribution in [-0.4, -0.2) is 76.6 Å². The first kappa shape index (κ1) is 40.8. The van der Waals surface area contributed by atoms with Crippen LogP contribution in [0.2, 0.25) is 0 Å². The number of hydrogen-bond donors (Lipinski definition) is 2. The van der Waals surface area contributed by atoms with Crippen LogP contribution in [0.25, 0.3) is 0 Å². The van der Waals surface area contributed by atoms with Crippen LogP contribution in [0.4, 0.5) is 28.4 Å². The molecule has 322 valence electrons. The normalized spacial score (nSPS) is 16.8. The first-order valence-electron chi connectivity index (χ1n) is 20.6. The van der Waals surface area contributed by atoms with Crippen molar-refractivity contribution in [2.24, 2.45) is 0 Å². The van der Waals surface area contributed by atoms with E-state index in [0.717, 1.165) is 27.9 Å². The minimum Gasteiger partial charge on any atom is -0.493 e. The molecule has 4 aliphatic rings. The van der Waals surface area contributed by atoms with E-state index in [1.807, 2.05) is 78.7 Å². The molecule has 0 aliphatic carbocycles. The monoisotopic (exact) mass is 851 g/mol. The second-order valence-electron chi connectivity index (χ2n) is 15.8. The number of hydrogen-bond acceptors (Lipinski definition) is 11. The van der Waals surface area contributed by atoms with Gasteiger partial charge in [-0.15, -0.1) is 0 Å². The smallest absolute Gasteiger partial charge is 0.305 e. The van der Waals surface area contributed by atoms with Crippen molar-refractivity contribution in [3.63, 3.8) is 0 Å². The lowest BCUT2D eigenvalue weighted by Crippen LogP contribution is -2.42. The Bertz CT molecular complexity index is 2540. The van der Waals surface area contributed by atoms with Gasteiger partial charge in [-0.2, -0.15) is 0 Å². The number of carbonyl (C=O) groups is 5. The van der Waals surface area contributed by atoms with Gasteiger partial charge in [-0.3, -0.25) is 33.8 Å². The van der Waals surface area contributed by atoms with E-state index in [4.69, 9.17) is 23.7 Å². The molecule has 0 spiro atoms. The molecular weight excluding hydrogens is 807 g/mol. The molecule has 0 radical (unpaired) electrons. The summed E-state index contributed by atoms with van der Waals surface area (Å²) in [6, 6.07) is 25.9. The summed E-state index contributed by atoms with van der Waals surface area (Å²) in [4.78, 5) is 72.1. The standard InChI is InChI=1S/C48H45N5O10/c1-51(15-9-14-44(54)61-4)31-17-27(25-62-42-23-34-32(21-40(42)59-2)47(57)52-36-12-7-5-10-29(36)19-38(52)45(55)49-34)16-28(18-31)26-63-43-24-35-33(22-41(43)60-3)48(58)53-37-13-8-6-11-30(37)20-39(53)46(56)50-35/h5-8,10-13,16-18,21-24,38-39H,9,14-15,19-20,25-26H2,1-4H3,(H,49,55)(H,50,56). The predicted molar refractivity (Wildman–Crippen MR) is 234 cm³/mol. The van der Waals surface area contributed by atoms with E-state index in [0.29, 0.717) is 71.6 Å². The zero-order valence-corrected chi connectivity index (χ0v) is 35.2. The van der Waals surface area contributed by atoms with Crippen molar-refractivity contribution in [1.82, 2.24) is 0 Å². The van der Waals surface area contributed by atoms with Crippen LogP contribution >= 0.6 is 0 Å². The molecule has 0 aromatic heterocycles. The molecule has 5 aromatic carbocycles.